The highest BCUT2D eigenvalue weighted by Gasteiger charge is 2.13. The van der Waals surface area contributed by atoms with Crippen molar-refractivity contribution in [3.8, 4) is 11.5 Å². The summed E-state index contributed by atoms with van der Waals surface area (Å²) in [6, 6.07) is 7.29. The Kier molecular flexibility index (Phi) is 4.06. The number of halogens is 3. The quantitative estimate of drug-likeness (QED) is 0.913. The highest BCUT2D eigenvalue weighted by atomic mass is 19.1. The number of ether oxygens (including phenoxy) is 1. The zero-order valence-corrected chi connectivity index (χ0v) is 10.2. The average molecular weight is 267 g/mol. The van der Waals surface area contributed by atoms with E-state index in [1.165, 1.54) is 24.3 Å². The zero-order valence-electron chi connectivity index (χ0n) is 10.2. The van der Waals surface area contributed by atoms with Crippen LogP contribution < -0.4 is 10.1 Å². The summed E-state index contributed by atoms with van der Waals surface area (Å²) < 4.78 is 45.3. The second-order valence-electron chi connectivity index (χ2n) is 3.97. The maximum Gasteiger partial charge on any atom is 0.198 e. The van der Waals surface area contributed by atoms with E-state index in [1.807, 2.05) is 0 Å². The van der Waals surface area contributed by atoms with Crippen LogP contribution in [0.3, 0.4) is 0 Å². The molecule has 2 rings (SSSR count). The minimum Gasteiger partial charge on any atom is -0.451 e. The van der Waals surface area contributed by atoms with E-state index in [9.17, 15) is 13.2 Å². The molecular formula is C14H12F3NO. The number of rotatable bonds is 4. The largest absolute Gasteiger partial charge is 0.451 e. The van der Waals surface area contributed by atoms with E-state index in [0.29, 0.717) is 12.1 Å². The molecule has 100 valence electrons. The minimum absolute atomic E-state index is 0.167. The molecule has 0 aliphatic rings. The third kappa shape index (κ3) is 3.26. The Morgan fingerprint density at radius 1 is 1.00 bits per heavy atom. The fraction of sp³-hybridized carbons (Fsp3) is 0.143. The predicted octanol–water partition coefficient (Wildman–Crippen LogP) is 3.62. The summed E-state index contributed by atoms with van der Waals surface area (Å²) in [6.45, 7) is 0.352. The van der Waals surface area contributed by atoms with Crippen LogP contribution in [0.1, 0.15) is 5.56 Å². The van der Waals surface area contributed by atoms with Crippen LogP contribution in [-0.2, 0) is 6.54 Å². The molecule has 0 amide bonds. The Balaban J connectivity index is 2.27. The molecule has 0 heterocycles. The maximum atomic E-state index is 13.7. The SMILES string of the molecule is CNCc1cc(F)c(Oc2ccc(F)cc2)c(F)c1. The Morgan fingerprint density at radius 2 is 1.58 bits per heavy atom. The van der Waals surface area contributed by atoms with E-state index in [-0.39, 0.29) is 5.75 Å². The smallest absolute Gasteiger partial charge is 0.198 e. The minimum atomic E-state index is -0.797. The molecule has 5 heteroatoms. The molecule has 0 aromatic heterocycles. The van der Waals surface area contributed by atoms with Gasteiger partial charge in [-0.15, -0.1) is 0 Å². The first kappa shape index (κ1) is 13.4. The number of nitrogens with one attached hydrogen (secondary N) is 1. The van der Waals surface area contributed by atoms with Crippen molar-refractivity contribution < 1.29 is 17.9 Å². The summed E-state index contributed by atoms with van der Waals surface area (Å²) >= 11 is 0. The summed E-state index contributed by atoms with van der Waals surface area (Å²) in [4.78, 5) is 0. The molecule has 0 aliphatic heterocycles. The first-order valence-electron chi connectivity index (χ1n) is 5.66. The molecule has 2 aromatic rings. The lowest BCUT2D eigenvalue weighted by Gasteiger charge is -2.09. The van der Waals surface area contributed by atoms with Gasteiger partial charge in [-0.3, -0.25) is 0 Å². The van der Waals surface area contributed by atoms with Crippen molar-refractivity contribution in [1.29, 1.82) is 0 Å². The zero-order chi connectivity index (χ0) is 13.8. The number of hydrogen-bond donors (Lipinski definition) is 1. The topological polar surface area (TPSA) is 21.3 Å². The molecule has 2 aromatic carbocycles. The Bertz CT molecular complexity index is 546. The molecule has 0 atom stereocenters. The van der Waals surface area contributed by atoms with Crippen molar-refractivity contribution in [1.82, 2.24) is 5.32 Å². The van der Waals surface area contributed by atoms with Crippen LogP contribution in [-0.4, -0.2) is 7.05 Å². The van der Waals surface area contributed by atoms with Gasteiger partial charge in [0.15, 0.2) is 17.4 Å². The molecule has 0 unspecified atom stereocenters. The summed E-state index contributed by atoms with van der Waals surface area (Å²) in [6.07, 6.45) is 0. The third-order valence-electron chi connectivity index (χ3n) is 2.47. The summed E-state index contributed by atoms with van der Waals surface area (Å²) in [7, 11) is 1.68. The summed E-state index contributed by atoms with van der Waals surface area (Å²) in [5.41, 5.74) is 0.476. The van der Waals surface area contributed by atoms with Gasteiger partial charge in [0, 0.05) is 6.54 Å². The molecule has 0 radical (unpaired) electrons. The molecule has 0 bridgehead atoms. The maximum absolute atomic E-state index is 13.7. The second kappa shape index (κ2) is 5.75. The van der Waals surface area contributed by atoms with E-state index in [4.69, 9.17) is 4.74 Å². The van der Waals surface area contributed by atoms with Gasteiger partial charge in [-0.1, -0.05) is 0 Å². The van der Waals surface area contributed by atoms with Crippen LogP contribution in [0.4, 0.5) is 13.2 Å². The standard InChI is InChI=1S/C14H12F3NO/c1-18-8-9-6-12(16)14(13(17)7-9)19-11-4-2-10(15)3-5-11/h2-7,18H,8H2,1H3. The normalized spacial score (nSPS) is 10.5. The van der Waals surface area contributed by atoms with Crippen LogP contribution in [0.15, 0.2) is 36.4 Å². The van der Waals surface area contributed by atoms with E-state index < -0.39 is 23.2 Å². The Morgan fingerprint density at radius 3 is 2.11 bits per heavy atom. The first-order valence-corrected chi connectivity index (χ1v) is 5.66. The van der Waals surface area contributed by atoms with Gasteiger partial charge in [0.25, 0.3) is 0 Å². The molecule has 1 N–H and O–H groups in total. The highest BCUT2D eigenvalue weighted by Crippen LogP contribution is 2.28. The fourth-order valence-corrected chi connectivity index (χ4v) is 1.64. The van der Waals surface area contributed by atoms with Crippen molar-refractivity contribution >= 4 is 0 Å². The van der Waals surface area contributed by atoms with Crippen molar-refractivity contribution in [3.05, 3.63) is 59.4 Å². The van der Waals surface area contributed by atoms with Crippen LogP contribution in [0, 0.1) is 17.5 Å². The van der Waals surface area contributed by atoms with E-state index >= 15 is 0 Å². The molecule has 0 spiro atoms. The predicted molar refractivity (Wildman–Crippen MR) is 65.6 cm³/mol. The van der Waals surface area contributed by atoms with Gasteiger partial charge in [-0.25, -0.2) is 13.2 Å². The van der Waals surface area contributed by atoms with Gasteiger partial charge in [-0.05, 0) is 49.0 Å². The number of hydrogen-bond acceptors (Lipinski definition) is 2. The number of benzene rings is 2. The van der Waals surface area contributed by atoms with Crippen molar-refractivity contribution in [2.24, 2.45) is 0 Å². The van der Waals surface area contributed by atoms with Gasteiger partial charge >= 0.3 is 0 Å². The molecule has 0 aliphatic carbocycles. The Hall–Kier alpha value is -2.01. The fourth-order valence-electron chi connectivity index (χ4n) is 1.64. The van der Waals surface area contributed by atoms with Crippen LogP contribution in [0.5, 0.6) is 11.5 Å². The van der Waals surface area contributed by atoms with Crippen LogP contribution >= 0.6 is 0 Å². The van der Waals surface area contributed by atoms with Crippen molar-refractivity contribution in [2.45, 2.75) is 6.54 Å². The van der Waals surface area contributed by atoms with Gasteiger partial charge in [-0.2, -0.15) is 0 Å². The van der Waals surface area contributed by atoms with E-state index in [0.717, 1.165) is 12.1 Å². The molecule has 19 heavy (non-hydrogen) atoms. The van der Waals surface area contributed by atoms with Crippen molar-refractivity contribution in [3.63, 3.8) is 0 Å². The molecule has 0 saturated carbocycles. The second-order valence-corrected chi connectivity index (χ2v) is 3.97. The van der Waals surface area contributed by atoms with Gasteiger partial charge in [0.2, 0.25) is 0 Å². The molecule has 0 fully saturated rings. The van der Waals surface area contributed by atoms with Gasteiger partial charge in [0.1, 0.15) is 11.6 Å². The average Bonchev–Trinajstić information content (AvgIpc) is 2.36. The third-order valence-corrected chi connectivity index (χ3v) is 2.47. The first-order chi connectivity index (χ1) is 9.10. The lowest BCUT2D eigenvalue weighted by Crippen LogP contribution is -2.06. The monoisotopic (exact) mass is 267 g/mol. The Labute approximate surface area is 108 Å². The van der Waals surface area contributed by atoms with E-state index in [2.05, 4.69) is 5.32 Å². The van der Waals surface area contributed by atoms with Crippen molar-refractivity contribution in [2.75, 3.05) is 7.05 Å². The van der Waals surface area contributed by atoms with E-state index in [1.54, 1.807) is 7.05 Å². The summed E-state index contributed by atoms with van der Waals surface area (Å²) in [5, 5.41) is 2.80. The lowest BCUT2D eigenvalue weighted by atomic mass is 10.2. The van der Waals surface area contributed by atoms with Gasteiger partial charge < -0.3 is 10.1 Å². The molecule has 2 nitrogen and oxygen atoms in total. The van der Waals surface area contributed by atoms with Gasteiger partial charge in [0.05, 0.1) is 0 Å². The van der Waals surface area contributed by atoms with Crippen LogP contribution in [0.2, 0.25) is 0 Å². The molecule has 0 saturated heterocycles. The highest BCUT2D eigenvalue weighted by molar-refractivity contribution is 5.36. The lowest BCUT2D eigenvalue weighted by molar-refractivity contribution is 0.405. The van der Waals surface area contributed by atoms with Crippen LogP contribution in [0.25, 0.3) is 0 Å². The molecular weight excluding hydrogens is 255 g/mol. The summed E-state index contributed by atoms with van der Waals surface area (Å²) in [5.74, 6) is -2.37.